The number of likely N-dealkylation sites (tertiary alicyclic amines) is 1. The van der Waals surface area contributed by atoms with Gasteiger partial charge in [0.1, 0.15) is 0 Å². The molecular formula is C20H20N4O. The second kappa shape index (κ2) is 6.97. The Kier molecular flexibility index (Phi) is 4.37. The summed E-state index contributed by atoms with van der Waals surface area (Å²) in [6.07, 6.45) is 8.17. The maximum Gasteiger partial charge on any atom is 0.291 e. The molecule has 1 atom stereocenters. The minimum Gasteiger partial charge on any atom is -0.336 e. The summed E-state index contributed by atoms with van der Waals surface area (Å²) < 4.78 is 0. The second-order valence-electron chi connectivity index (χ2n) is 6.52. The lowest BCUT2D eigenvalue weighted by Crippen LogP contribution is -2.41. The average molecular weight is 332 g/mol. The minimum atomic E-state index is -0.0649. The number of rotatable bonds is 3. The molecule has 1 aliphatic heterocycles. The van der Waals surface area contributed by atoms with Gasteiger partial charge in [-0.15, -0.1) is 0 Å². The number of aromatic nitrogens is 3. The van der Waals surface area contributed by atoms with Gasteiger partial charge in [0.15, 0.2) is 0 Å². The van der Waals surface area contributed by atoms with Crippen LogP contribution in [0.2, 0.25) is 0 Å². The van der Waals surface area contributed by atoms with Crippen molar-refractivity contribution in [3.63, 3.8) is 0 Å². The highest BCUT2D eigenvalue weighted by Gasteiger charge is 2.26. The summed E-state index contributed by atoms with van der Waals surface area (Å²) >= 11 is 0. The molecule has 0 unspecified atom stereocenters. The van der Waals surface area contributed by atoms with Crippen LogP contribution in [-0.2, 0) is 6.42 Å². The zero-order valence-corrected chi connectivity index (χ0v) is 14.0. The number of carbonyl (C=O) groups is 1. The molecule has 1 saturated heterocycles. The van der Waals surface area contributed by atoms with Crippen molar-refractivity contribution in [3.05, 3.63) is 66.4 Å². The van der Waals surface area contributed by atoms with Crippen LogP contribution < -0.4 is 0 Å². The number of carbonyl (C=O) groups excluding carboxylic acids is 1. The molecule has 2 aromatic heterocycles. The van der Waals surface area contributed by atoms with Crippen LogP contribution in [0.3, 0.4) is 0 Å². The Balaban J connectivity index is 1.51. The van der Waals surface area contributed by atoms with Crippen LogP contribution in [0, 0.1) is 5.92 Å². The number of pyridine rings is 1. The number of benzene rings is 1. The van der Waals surface area contributed by atoms with E-state index in [1.54, 1.807) is 18.5 Å². The molecule has 25 heavy (non-hydrogen) atoms. The first-order chi connectivity index (χ1) is 12.3. The Hall–Kier alpha value is -2.82. The Bertz CT molecular complexity index is 876. The van der Waals surface area contributed by atoms with Crippen molar-refractivity contribution >= 4 is 16.8 Å². The van der Waals surface area contributed by atoms with E-state index < -0.39 is 0 Å². The second-order valence-corrected chi connectivity index (χ2v) is 6.52. The van der Waals surface area contributed by atoms with Gasteiger partial charge in [0.25, 0.3) is 5.91 Å². The highest BCUT2D eigenvalue weighted by molar-refractivity contribution is 5.90. The molecule has 1 aromatic carbocycles. The summed E-state index contributed by atoms with van der Waals surface area (Å²) in [5.74, 6) is 0.676. The molecule has 0 aliphatic carbocycles. The van der Waals surface area contributed by atoms with Crippen LogP contribution in [0.1, 0.15) is 29.0 Å². The Labute approximate surface area is 146 Å². The fraction of sp³-hybridized carbons (Fsp3) is 0.300. The van der Waals surface area contributed by atoms with Gasteiger partial charge in [-0.3, -0.25) is 9.78 Å². The van der Waals surface area contributed by atoms with E-state index in [4.69, 9.17) is 0 Å². The topological polar surface area (TPSA) is 59.0 Å². The maximum atomic E-state index is 12.6. The summed E-state index contributed by atoms with van der Waals surface area (Å²) in [7, 11) is 0. The van der Waals surface area contributed by atoms with Crippen LogP contribution in [0.25, 0.3) is 10.9 Å². The van der Waals surface area contributed by atoms with Gasteiger partial charge in [-0.1, -0.05) is 18.2 Å². The van der Waals surface area contributed by atoms with E-state index >= 15 is 0 Å². The smallest absolute Gasteiger partial charge is 0.291 e. The van der Waals surface area contributed by atoms with Gasteiger partial charge in [-0.25, -0.2) is 9.97 Å². The molecule has 1 fully saturated rings. The fourth-order valence-corrected chi connectivity index (χ4v) is 3.62. The Morgan fingerprint density at radius 3 is 2.76 bits per heavy atom. The van der Waals surface area contributed by atoms with E-state index in [-0.39, 0.29) is 11.7 Å². The fourth-order valence-electron chi connectivity index (χ4n) is 3.62. The number of fused-ring (bicyclic) bond motifs is 1. The molecule has 1 aliphatic rings. The molecule has 0 bridgehead atoms. The van der Waals surface area contributed by atoms with Crippen LogP contribution in [-0.4, -0.2) is 38.8 Å². The van der Waals surface area contributed by atoms with E-state index in [1.807, 2.05) is 23.2 Å². The van der Waals surface area contributed by atoms with Crippen LogP contribution >= 0.6 is 0 Å². The van der Waals surface area contributed by atoms with Crippen molar-refractivity contribution in [2.45, 2.75) is 19.3 Å². The molecule has 0 saturated carbocycles. The highest BCUT2D eigenvalue weighted by Crippen LogP contribution is 2.25. The lowest BCUT2D eigenvalue weighted by molar-refractivity contribution is 0.0661. The molecule has 0 radical (unpaired) electrons. The zero-order valence-electron chi connectivity index (χ0n) is 14.0. The molecule has 1 amide bonds. The molecule has 5 nitrogen and oxygen atoms in total. The normalized spacial score (nSPS) is 17.6. The molecule has 126 valence electrons. The number of hydrogen-bond acceptors (Lipinski definition) is 4. The quantitative estimate of drug-likeness (QED) is 0.739. The summed E-state index contributed by atoms with van der Waals surface area (Å²) in [6.45, 7) is 1.54. The summed E-state index contributed by atoms with van der Waals surface area (Å²) in [5.41, 5.74) is 2.34. The molecule has 3 aromatic rings. The van der Waals surface area contributed by atoms with Crippen LogP contribution in [0.5, 0.6) is 0 Å². The van der Waals surface area contributed by atoms with Gasteiger partial charge in [-0.05, 0) is 48.9 Å². The van der Waals surface area contributed by atoms with Gasteiger partial charge in [0, 0.05) is 37.1 Å². The highest BCUT2D eigenvalue weighted by atomic mass is 16.2. The van der Waals surface area contributed by atoms with Crippen LogP contribution in [0.4, 0.5) is 0 Å². The van der Waals surface area contributed by atoms with E-state index in [1.165, 1.54) is 10.9 Å². The van der Waals surface area contributed by atoms with Crippen molar-refractivity contribution in [1.29, 1.82) is 0 Å². The first-order valence-electron chi connectivity index (χ1n) is 8.70. The van der Waals surface area contributed by atoms with E-state index in [0.29, 0.717) is 5.92 Å². The first kappa shape index (κ1) is 15.7. The predicted molar refractivity (Wildman–Crippen MR) is 96.1 cm³/mol. The largest absolute Gasteiger partial charge is 0.336 e. The summed E-state index contributed by atoms with van der Waals surface area (Å²) in [4.78, 5) is 27.1. The van der Waals surface area contributed by atoms with Crippen LogP contribution in [0.15, 0.2) is 55.0 Å². The van der Waals surface area contributed by atoms with Gasteiger partial charge in [0.05, 0.1) is 5.52 Å². The molecule has 5 heteroatoms. The monoisotopic (exact) mass is 332 g/mol. The number of piperidine rings is 1. The van der Waals surface area contributed by atoms with E-state index in [9.17, 15) is 4.79 Å². The average Bonchev–Trinajstić information content (AvgIpc) is 2.69. The Morgan fingerprint density at radius 2 is 1.88 bits per heavy atom. The zero-order chi connectivity index (χ0) is 17.1. The van der Waals surface area contributed by atoms with Gasteiger partial charge < -0.3 is 4.90 Å². The Morgan fingerprint density at radius 1 is 1.04 bits per heavy atom. The molecule has 4 rings (SSSR count). The van der Waals surface area contributed by atoms with Crippen molar-refractivity contribution in [3.8, 4) is 0 Å². The number of nitrogens with zero attached hydrogens (tertiary/aromatic N) is 4. The van der Waals surface area contributed by atoms with Crippen molar-refractivity contribution in [2.24, 2.45) is 5.92 Å². The first-order valence-corrected chi connectivity index (χ1v) is 8.70. The van der Waals surface area contributed by atoms with Crippen molar-refractivity contribution in [2.75, 3.05) is 13.1 Å². The SMILES string of the molecule is O=C(c1ncccn1)N1CCC[C@@H](Cc2cccc3ncccc23)C1. The van der Waals surface area contributed by atoms with Crippen molar-refractivity contribution in [1.82, 2.24) is 19.9 Å². The summed E-state index contributed by atoms with van der Waals surface area (Å²) in [6, 6.07) is 12.1. The number of amides is 1. The van der Waals surface area contributed by atoms with E-state index in [2.05, 4.69) is 33.2 Å². The lowest BCUT2D eigenvalue weighted by atomic mass is 9.89. The lowest BCUT2D eigenvalue weighted by Gasteiger charge is -2.32. The predicted octanol–water partition coefficient (Wildman–Crippen LogP) is 3.12. The molecule has 0 N–H and O–H groups in total. The standard InChI is InChI=1S/C20H20N4O/c25-20(19-22-10-4-11-23-19)24-12-3-5-15(14-24)13-16-6-1-8-18-17(16)7-2-9-21-18/h1-2,4,6-11,15H,3,5,12-14H2/t15-/m0/s1. The molecule has 3 heterocycles. The third-order valence-corrected chi connectivity index (χ3v) is 4.81. The van der Waals surface area contributed by atoms with Gasteiger partial charge >= 0.3 is 0 Å². The van der Waals surface area contributed by atoms with Gasteiger partial charge in [0.2, 0.25) is 5.82 Å². The molecule has 0 spiro atoms. The van der Waals surface area contributed by atoms with E-state index in [0.717, 1.165) is 37.9 Å². The molecular weight excluding hydrogens is 312 g/mol. The van der Waals surface area contributed by atoms with Gasteiger partial charge in [-0.2, -0.15) is 0 Å². The summed E-state index contributed by atoms with van der Waals surface area (Å²) in [5, 5.41) is 1.21. The number of hydrogen-bond donors (Lipinski definition) is 0. The minimum absolute atomic E-state index is 0.0649. The maximum absolute atomic E-state index is 12.6. The third-order valence-electron chi connectivity index (χ3n) is 4.81. The third kappa shape index (κ3) is 3.36. The van der Waals surface area contributed by atoms with Crippen molar-refractivity contribution < 1.29 is 4.79 Å².